The summed E-state index contributed by atoms with van der Waals surface area (Å²) in [6.07, 6.45) is -5.54. The van der Waals surface area contributed by atoms with Gasteiger partial charge in [0.05, 0.1) is 0 Å². The van der Waals surface area contributed by atoms with E-state index >= 15 is 0 Å². The van der Waals surface area contributed by atoms with Gasteiger partial charge in [-0.3, -0.25) is 38.4 Å². The molecule has 4 aromatic rings. The van der Waals surface area contributed by atoms with Crippen molar-refractivity contribution in [1.29, 1.82) is 0 Å². The fourth-order valence-electron chi connectivity index (χ4n) is 8.70. The number of rotatable bonds is 18. The van der Waals surface area contributed by atoms with Crippen LogP contribution in [0.1, 0.15) is 84.5 Å². The summed E-state index contributed by atoms with van der Waals surface area (Å²) in [6.45, 7) is 5.77. The average molecular weight is 1020 g/mol. The Morgan fingerprint density at radius 3 is 1.07 bits per heavy atom. The Morgan fingerprint density at radius 1 is 0.459 bits per heavy atom. The molecule has 2 fully saturated rings. The van der Waals surface area contributed by atoms with Crippen LogP contribution in [-0.4, -0.2) is 131 Å². The van der Waals surface area contributed by atoms with Crippen LogP contribution in [0.2, 0.25) is 0 Å². The van der Waals surface area contributed by atoms with Crippen LogP contribution in [0.4, 0.5) is 0 Å². The first-order valence-electron chi connectivity index (χ1n) is 23.5. The average Bonchev–Trinajstić information content (AvgIpc) is 3.34. The number of nitrogens with one attached hydrogen (secondary N) is 2. The predicted octanol–water partition coefficient (Wildman–Crippen LogP) is 3.57. The largest absolute Gasteiger partial charge is 0.463 e. The molecule has 6 rings (SSSR count). The molecule has 0 spiro atoms. The molecule has 20 nitrogen and oxygen atoms in total. The van der Waals surface area contributed by atoms with Crippen LogP contribution in [0.3, 0.4) is 0 Å². The molecule has 392 valence electrons. The first-order chi connectivity index (χ1) is 35.1. The molecule has 20 heteroatoms. The topological polar surface area (TPSA) is 275 Å². The maximum absolute atomic E-state index is 14.0. The van der Waals surface area contributed by atoms with Gasteiger partial charge in [0.1, 0.15) is 37.5 Å². The predicted molar refractivity (Wildman–Crippen MR) is 260 cm³/mol. The highest BCUT2D eigenvalue weighted by Gasteiger charge is 2.59. The first-order valence-corrected chi connectivity index (χ1v) is 23.5. The van der Waals surface area contributed by atoms with Gasteiger partial charge in [-0.15, -0.1) is 0 Å². The second-order valence-corrected chi connectivity index (χ2v) is 17.7. The van der Waals surface area contributed by atoms with Gasteiger partial charge in [0.15, 0.2) is 36.0 Å². The van der Waals surface area contributed by atoms with Crippen LogP contribution in [-0.2, 0) is 79.5 Å². The third kappa shape index (κ3) is 14.9. The number of benzene rings is 4. The van der Waals surface area contributed by atoms with E-state index in [-0.39, 0.29) is 24.0 Å². The molecule has 0 radical (unpaired) electrons. The lowest BCUT2D eigenvalue weighted by molar-refractivity contribution is -0.320. The standard InChI is InChI=1S/C54H58N2O18/c1-31(57)67-29-43-45(69-33(3)59)47(71-35(5)61)49(53(65,73-43)27-39-13-9-7-10-14-39)55-51(63)41-23-19-37(20-24-41)17-18-38-21-25-42(26-22-38)52(64)56-50-48(72-36(6)62)46(70-34(4)60)44(30-68-32(2)58)74-54(50,66)28-40-15-11-8-12-16-40/h7-26,43-50,65-66H,27-30H2,1-6H3,(H,55,63)(H,56,64)/b18-17+/t43-,44-,45-,46-,47+,48+,49-,50-,53+,54+/m1/s1. The van der Waals surface area contributed by atoms with Crippen LogP contribution in [0.25, 0.3) is 12.2 Å². The number of aliphatic hydroxyl groups is 2. The van der Waals surface area contributed by atoms with E-state index in [0.717, 1.165) is 41.5 Å². The van der Waals surface area contributed by atoms with Crippen molar-refractivity contribution in [3.63, 3.8) is 0 Å². The second kappa shape index (κ2) is 24.8. The van der Waals surface area contributed by atoms with Crippen LogP contribution in [0.15, 0.2) is 109 Å². The Balaban J connectivity index is 1.20. The van der Waals surface area contributed by atoms with Crippen LogP contribution < -0.4 is 10.6 Å². The third-order valence-corrected chi connectivity index (χ3v) is 11.8. The van der Waals surface area contributed by atoms with Crippen LogP contribution in [0.5, 0.6) is 0 Å². The molecule has 2 saturated heterocycles. The van der Waals surface area contributed by atoms with Crippen molar-refractivity contribution in [2.24, 2.45) is 0 Å². The van der Waals surface area contributed by atoms with Gasteiger partial charge in [0, 0.05) is 65.5 Å². The molecule has 2 aliphatic rings. The Bertz CT molecular complexity index is 2500. The molecule has 74 heavy (non-hydrogen) atoms. The molecule has 2 amide bonds. The van der Waals surface area contributed by atoms with E-state index in [2.05, 4.69) is 10.6 Å². The Labute approximate surface area is 426 Å². The number of carbonyl (C=O) groups excluding carboxylic acids is 8. The van der Waals surface area contributed by atoms with Crippen molar-refractivity contribution >= 4 is 59.8 Å². The normalized spacial score (nSPS) is 25.4. The molecule has 0 aliphatic carbocycles. The van der Waals surface area contributed by atoms with E-state index < -0.39 is 121 Å². The van der Waals surface area contributed by atoms with E-state index in [1.165, 1.54) is 24.3 Å². The molecule has 2 aliphatic heterocycles. The molecule has 4 aromatic carbocycles. The number of ether oxygens (including phenoxy) is 8. The summed E-state index contributed by atoms with van der Waals surface area (Å²) in [6, 6.07) is 26.8. The lowest BCUT2D eigenvalue weighted by atomic mass is 9.85. The van der Waals surface area contributed by atoms with Gasteiger partial charge in [0.25, 0.3) is 11.8 Å². The Kier molecular flexibility index (Phi) is 18.6. The monoisotopic (exact) mass is 1020 g/mol. The fourth-order valence-corrected chi connectivity index (χ4v) is 8.70. The lowest BCUT2D eigenvalue weighted by Crippen LogP contribution is -2.72. The van der Waals surface area contributed by atoms with E-state index in [0.29, 0.717) is 22.3 Å². The fraction of sp³-hybridized carbons (Fsp3) is 0.370. The Morgan fingerprint density at radius 2 is 0.770 bits per heavy atom. The summed E-state index contributed by atoms with van der Waals surface area (Å²) in [4.78, 5) is 101. The van der Waals surface area contributed by atoms with Gasteiger partial charge < -0.3 is 58.7 Å². The minimum absolute atomic E-state index is 0.126. The van der Waals surface area contributed by atoms with Gasteiger partial charge in [-0.1, -0.05) is 97.1 Å². The second-order valence-electron chi connectivity index (χ2n) is 17.7. The number of esters is 6. The van der Waals surface area contributed by atoms with Gasteiger partial charge in [-0.2, -0.15) is 0 Å². The quantitative estimate of drug-likeness (QED) is 0.0630. The van der Waals surface area contributed by atoms with E-state index in [1.54, 1.807) is 97.1 Å². The summed E-state index contributed by atoms with van der Waals surface area (Å²) < 4.78 is 45.0. The highest BCUT2D eigenvalue weighted by Crippen LogP contribution is 2.37. The van der Waals surface area contributed by atoms with Crippen LogP contribution >= 0.6 is 0 Å². The summed E-state index contributed by atoms with van der Waals surface area (Å²) in [7, 11) is 0. The minimum atomic E-state index is -2.30. The summed E-state index contributed by atoms with van der Waals surface area (Å²) in [5.41, 5.74) is 2.69. The van der Waals surface area contributed by atoms with Crippen molar-refractivity contribution in [3.05, 3.63) is 143 Å². The molecule has 0 aromatic heterocycles. The first kappa shape index (κ1) is 55.5. The minimum Gasteiger partial charge on any atom is -0.463 e. The molecule has 0 bridgehead atoms. The van der Waals surface area contributed by atoms with E-state index in [4.69, 9.17) is 37.9 Å². The maximum Gasteiger partial charge on any atom is 0.303 e. The molecule has 0 unspecified atom stereocenters. The third-order valence-electron chi connectivity index (χ3n) is 11.8. The molecule has 4 N–H and O–H groups in total. The van der Waals surface area contributed by atoms with Crippen LogP contribution in [0, 0.1) is 0 Å². The lowest BCUT2D eigenvalue weighted by Gasteiger charge is -2.49. The highest BCUT2D eigenvalue weighted by atomic mass is 16.7. The molecule has 10 atom stereocenters. The van der Waals surface area contributed by atoms with Crippen molar-refractivity contribution < 1.29 is 86.5 Å². The molecule has 0 saturated carbocycles. The van der Waals surface area contributed by atoms with Gasteiger partial charge >= 0.3 is 35.8 Å². The van der Waals surface area contributed by atoms with E-state index in [1.807, 2.05) is 0 Å². The SMILES string of the molecule is CC(=O)OC[C@H]1O[C@@](O)(Cc2ccccc2)[C@H](NC(=O)c2ccc(/C=C/c3ccc(C(=O)N[C@@H]4[C@@H](OC(C)=O)[C@H](OC(C)=O)[C@@H](COC(C)=O)O[C@@]4(O)Cc4ccccc4)cc3)cc2)[C@@H](OC(C)=O)[C@@H]1OC(C)=O. The van der Waals surface area contributed by atoms with Crippen molar-refractivity contribution in [1.82, 2.24) is 10.6 Å². The highest BCUT2D eigenvalue weighted by molar-refractivity contribution is 5.95. The van der Waals surface area contributed by atoms with E-state index in [9.17, 15) is 48.6 Å². The van der Waals surface area contributed by atoms with Crippen molar-refractivity contribution in [2.75, 3.05) is 13.2 Å². The zero-order chi connectivity index (χ0) is 53.7. The van der Waals surface area contributed by atoms with Gasteiger partial charge in [-0.05, 0) is 46.5 Å². The molecular weight excluding hydrogens is 965 g/mol. The smallest absolute Gasteiger partial charge is 0.303 e. The van der Waals surface area contributed by atoms with Gasteiger partial charge in [0.2, 0.25) is 0 Å². The summed E-state index contributed by atoms with van der Waals surface area (Å²) in [5, 5.41) is 30.0. The zero-order valence-corrected chi connectivity index (χ0v) is 41.4. The van der Waals surface area contributed by atoms with Gasteiger partial charge in [-0.25, -0.2) is 0 Å². The zero-order valence-electron chi connectivity index (χ0n) is 41.4. The number of hydrogen-bond acceptors (Lipinski definition) is 18. The Hall–Kier alpha value is -7.78. The number of hydrogen-bond donors (Lipinski definition) is 4. The number of amides is 2. The summed E-state index contributed by atoms with van der Waals surface area (Å²) >= 11 is 0. The van der Waals surface area contributed by atoms with Crippen molar-refractivity contribution in [2.45, 2.75) is 115 Å². The molecular formula is C54H58N2O18. The molecule has 2 heterocycles. The maximum atomic E-state index is 14.0. The summed E-state index contributed by atoms with van der Waals surface area (Å²) in [5.74, 6) is -10.7. The number of carbonyl (C=O) groups is 8. The van der Waals surface area contributed by atoms with Crippen molar-refractivity contribution in [3.8, 4) is 0 Å².